The van der Waals surface area contributed by atoms with Gasteiger partial charge in [0.05, 0.1) is 23.3 Å². The zero-order chi connectivity index (χ0) is 26.5. The molecule has 0 radical (unpaired) electrons. The molecule has 0 aliphatic carbocycles. The number of carbonyl (C=O) groups excluding carboxylic acids is 2. The Bertz CT molecular complexity index is 1510. The number of anilines is 1. The van der Waals surface area contributed by atoms with E-state index in [1.807, 2.05) is 48.9 Å². The van der Waals surface area contributed by atoms with Crippen molar-refractivity contribution in [2.45, 2.75) is 66.1 Å². The van der Waals surface area contributed by atoms with E-state index in [9.17, 15) is 9.59 Å². The summed E-state index contributed by atoms with van der Waals surface area (Å²) in [7, 11) is 0. The number of nitrogens with zero attached hydrogens (tertiary/aromatic N) is 6. The third-order valence-electron chi connectivity index (χ3n) is 6.60. The molecule has 0 fully saturated rings. The van der Waals surface area contributed by atoms with Gasteiger partial charge in [0.2, 0.25) is 11.8 Å². The van der Waals surface area contributed by atoms with Crippen LogP contribution in [-0.2, 0) is 23.3 Å². The van der Waals surface area contributed by atoms with Gasteiger partial charge in [-0.2, -0.15) is 5.10 Å². The molecule has 37 heavy (non-hydrogen) atoms. The van der Waals surface area contributed by atoms with Crippen LogP contribution < -0.4 is 10.1 Å². The lowest BCUT2D eigenvalue weighted by molar-refractivity contribution is -0.132. The molecule has 1 unspecified atom stereocenters. The molecule has 2 amide bonds. The van der Waals surface area contributed by atoms with Crippen LogP contribution in [0.15, 0.2) is 42.9 Å². The molecule has 192 valence electrons. The average Bonchev–Trinajstić information content (AvgIpc) is 3.41. The molecule has 1 aliphatic rings. The fraction of sp³-hybridized carbons (Fsp3) is 0.370. The van der Waals surface area contributed by atoms with Crippen LogP contribution in [0.25, 0.3) is 10.9 Å². The van der Waals surface area contributed by atoms with Crippen LogP contribution in [-0.4, -0.2) is 47.2 Å². The van der Waals surface area contributed by atoms with E-state index >= 15 is 0 Å². The maximum absolute atomic E-state index is 13.0. The molecule has 10 heteroatoms. The Morgan fingerprint density at radius 3 is 2.62 bits per heavy atom. The van der Waals surface area contributed by atoms with Gasteiger partial charge in [-0.15, -0.1) is 0 Å². The number of nitrogens with one attached hydrogen (secondary N) is 1. The number of hydrogen-bond acceptors (Lipinski definition) is 6. The van der Waals surface area contributed by atoms with Crippen molar-refractivity contribution in [3.05, 3.63) is 59.8 Å². The molecule has 4 aromatic rings. The Hall–Kier alpha value is -4.21. The van der Waals surface area contributed by atoms with Crippen LogP contribution in [0.1, 0.15) is 51.6 Å². The highest BCUT2D eigenvalue weighted by atomic mass is 16.5. The predicted octanol–water partition coefficient (Wildman–Crippen LogP) is 4.86. The largest absolute Gasteiger partial charge is 0.439 e. The summed E-state index contributed by atoms with van der Waals surface area (Å²) in [5, 5.41) is 8.28. The van der Waals surface area contributed by atoms with Crippen molar-refractivity contribution in [1.29, 1.82) is 0 Å². The molecular weight excluding hydrogens is 470 g/mol. The maximum Gasteiger partial charge on any atom is 0.331 e. The quantitative estimate of drug-likeness (QED) is 0.430. The average molecular weight is 502 g/mol. The lowest BCUT2D eigenvalue weighted by Gasteiger charge is -2.33. The van der Waals surface area contributed by atoms with E-state index in [2.05, 4.69) is 41.2 Å². The summed E-state index contributed by atoms with van der Waals surface area (Å²) in [6.45, 7) is 12.2. The topological polar surface area (TPSA) is 107 Å². The van der Waals surface area contributed by atoms with E-state index in [1.165, 1.54) is 6.33 Å². The molecule has 1 aliphatic heterocycles. The van der Waals surface area contributed by atoms with E-state index in [0.717, 1.165) is 27.9 Å². The summed E-state index contributed by atoms with van der Waals surface area (Å²) in [5.41, 5.74) is 3.24. The van der Waals surface area contributed by atoms with Gasteiger partial charge in [-0.3, -0.25) is 19.4 Å². The highest BCUT2D eigenvalue weighted by molar-refractivity contribution is 5.98. The molecule has 0 spiro atoms. The summed E-state index contributed by atoms with van der Waals surface area (Å²) in [5.74, 6) is 1.62. The van der Waals surface area contributed by atoms with Crippen molar-refractivity contribution in [3.63, 3.8) is 0 Å². The van der Waals surface area contributed by atoms with Gasteiger partial charge in [-0.1, -0.05) is 0 Å². The van der Waals surface area contributed by atoms with Gasteiger partial charge < -0.3 is 9.64 Å². The first-order chi connectivity index (χ1) is 17.5. The van der Waals surface area contributed by atoms with Gasteiger partial charge in [0.1, 0.15) is 12.1 Å². The third-order valence-corrected chi connectivity index (χ3v) is 6.60. The van der Waals surface area contributed by atoms with Gasteiger partial charge in [0.15, 0.2) is 5.82 Å². The second-order valence-corrected chi connectivity index (χ2v) is 10.5. The van der Waals surface area contributed by atoms with Gasteiger partial charge in [0.25, 0.3) is 0 Å². The maximum atomic E-state index is 13.0. The van der Waals surface area contributed by atoms with Crippen molar-refractivity contribution < 1.29 is 14.3 Å². The van der Waals surface area contributed by atoms with Crippen LogP contribution in [0.4, 0.5) is 10.6 Å². The van der Waals surface area contributed by atoms with Gasteiger partial charge >= 0.3 is 6.03 Å². The van der Waals surface area contributed by atoms with Crippen molar-refractivity contribution >= 4 is 28.7 Å². The number of hydrogen-bond donors (Lipinski definition) is 1. The fourth-order valence-corrected chi connectivity index (χ4v) is 4.86. The summed E-state index contributed by atoms with van der Waals surface area (Å²) in [6.07, 6.45) is 3.81. The summed E-state index contributed by atoms with van der Waals surface area (Å²) in [4.78, 5) is 35.5. The van der Waals surface area contributed by atoms with E-state index in [1.54, 1.807) is 22.6 Å². The fourth-order valence-electron chi connectivity index (χ4n) is 4.86. The minimum atomic E-state index is -0.295. The Morgan fingerprint density at radius 2 is 1.92 bits per heavy atom. The van der Waals surface area contributed by atoms with Crippen LogP contribution in [0.2, 0.25) is 0 Å². The zero-order valence-electron chi connectivity index (χ0n) is 21.9. The number of benzene rings is 1. The standard InChI is InChI=1S/C27H31N7O3/c1-16-11-21-22(14-33(16)18(3)35)28-15-29-25(21)37-20-7-8-23-19(13-20)9-10-32(23)26(36)30-24-12-17(2)34(31-24)27(4,5)6/h7-10,12-13,15-16H,11,14H2,1-6H3,(H,30,31,36). The Morgan fingerprint density at radius 1 is 1.14 bits per heavy atom. The molecule has 3 aromatic heterocycles. The molecule has 1 aromatic carbocycles. The van der Waals surface area contributed by atoms with Crippen molar-refractivity contribution in [2.24, 2.45) is 0 Å². The number of rotatable bonds is 3. The van der Waals surface area contributed by atoms with Crippen molar-refractivity contribution in [2.75, 3.05) is 5.32 Å². The first-order valence-corrected chi connectivity index (χ1v) is 12.3. The van der Waals surface area contributed by atoms with Crippen LogP contribution in [0.3, 0.4) is 0 Å². The first-order valence-electron chi connectivity index (χ1n) is 12.3. The minimum Gasteiger partial charge on any atom is -0.439 e. The lowest BCUT2D eigenvalue weighted by Crippen LogP contribution is -2.41. The highest BCUT2D eigenvalue weighted by Crippen LogP contribution is 2.32. The monoisotopic (exact) mass is 501 g/mol. The van der Waals surface area contributed by atoms with E-state index < -0.39 is 0 Å². The Kier molecular flexibility index (Phi) is 5.97. The number of aromatic nitrogens is 5. The molecule has 0 saturated carbocycles. The molecule has 1 atom stereocenters. The number of ether oxygens (including phenoxy) is 1. The molecule has 0 bridgehead atoms. The van der Waals surface area contributed by atoms with Crippen molar-refractivity contribution in [1.82, 2.24) is 29.2 Å². The highest BCUT2D eigenvalue weighted by Gasteiger charge is 2.29. The molecule has 5 rings (SSSR count). The summed E-state index contributed by atoms with van der Waals surface area (Å²) in [6, 6.07) is 9.00. The zero-order valence-corrected chi connectivity index (χ0v) is 21.9. The van der Waals surface area contributed by atoms with E-state index in [-0.39, 0.29) is 23.5 Å². The van der Waals surface area contributed by atoms with Gasteiger partial charge in [0, 0.05) is 41.9 Å². The summed E-state index contributed by atoms with van der Waals surface area (Å²) >= 11 is 0. The predicted molar refractivity (Wildman–Crippen MR) is 140 cm³/mol. The van der Waals surface area contributed by atoms with Crippen molar-refractivity contribution in [3.8, 4) is 11.6 Å². The third kappa shape index (κ3) is 4.66. The van der Waals surface area contributed by atoms with Gasteiger partial charge in [-0.05, 0) is 65.3 Å². The smallest absolute Gasteiger partial charge is 0.331 e. The number of carbonyl (C=O) groups is 2. The second kappa shape index (κ2) is 9.02. The lowest BCUT2D eigenvalue weighted by atomic mass is 9.99. The second-order valence-electron chi connectivity index (χ2n) is 10.5. The Balaban J connectivity index is 1.36. The SMILES string of the molecule is CC(=O)N1Cc2ncnc(Oc3ccc4c(ccn4C(=O)Nc4cc(C)n(C(C)(C)C)n4)c3)c2CC1C. The van der Waals surface area contributed by atoms with Gasteiger partial charge in [-0.25, -0.2) is 14.8 Å². The molecule has 1 N–H and O–H groups in total. The minimum absolute atomic E-state index is 0.0240. The van der Waals surface area contributed by atoms with Crippen LogP contribution in [0, 0.1) is 6.92 Å². The van der Waals surface area contributed by atoms with Crippen LogP contribution in [0.5, 0.6) is 11.6 Å². The number of amides is 2. The summed E-state index contributed by atoms with van der Waals surface area (Å²) < 4.78 is 9.61. The molecular formula is C27H31N7O3. The van der Waals surface area contributed by atoms with E-state index in [0.29, 0.717) is 30.4 Å². The Labute approximate surface area is 215 Å². The molecule has 10 nitrogen and oxygen atoms in total. The number of fused-ring (bicyclic) bond motifs is 2. The molecule has 0 saturated heterocycles. The van der Waals surface area contributed by atoms with Crippen LogP contribution >= 0.6 is 0 Å². The first kappa shape index (κ1) is 24.5. The normalized spacial score (nSPS) is 15.5. The van der Waals surface area contributed by atoms with E-state index in [4.69, 9.17) is 4.74 Å². The number of aryl methyl sites for hydroxylation is 1. The molecule has 4 heterocycles.